The topological polar surface area (TPSA) is 84.5 Å². The average molecular weight is 342 g/mol. The van der Waals surface area contributed by atoms with Gasteiger partial charge < -0.3 is 10.1 Å². The van der Waals surface area contributed by atoms with E-state index in [4.69, 9.17) is 4.74 Å². The predicted octanol–water partition coefficient (Wildman–Crippen LogP) is 1.52. The lowest BCUT2D eigenvalue weighted by molar-refractivity contribution is -0.124. The van der Waals surface area contributed by atoms with Gasteiger partial charge in [-0.05, 0) is 23.6 Å². The summed E-state index contributed by atoms with van der Waals surface area (Å²) in [5.41, 5.74) is 0.922. The van der Waals surface area contributed by atoms with Crippen LogP contribution in [0.1, 0.15) is 26.3 Å². The fourth-order valence-corrected chi connectivity index (χ4v) is 3.49. The van der Waals surface area contributed by atoms with Crippen LogP contribution in [0.4, 0.5) is 0 Å². The van der Waals surface area contributed by atoms with Crippen molar-refractivity contribution in [2.24, 2.45) is 11.8 Å². The van der Waals surface area contributed by atoms with E-state index in [1.54, 1.807) is 14.0 Å². The highest BCUT2D eigenvalue weighted by atomic mass is 32.2. The number of rotatable bonds is 9. The molecule has 0 saturated heterocycles. The van der Waals surface area contributed by atoms with Crippen molar-refractivity contribution in [2.45, 2.75) is 27.3 Å². The minimum atomic E-state index is -3.33. The van der Waals surface area contributed by atoms with Gasteiger partial charge in [0, 0.05) is 19.0 Å². The number of hydrogen-bond acceptors (Lipinski definition) is 4. The number of methoxy groups -OCH3 is 1. The molecule has 0 radical (unpaired) electrons. The Hall–Kier alpha value is -1.60. The zero-order valence-electron chi connectivity index (χ0n) is 14.1. The number of carbonyl (C=O) groups excluding carboxylic acids is 1. The van der Waals surface area contributed by atoms with E-state index < -0.39 is 15.9 Å². The van der Waals surface area contributed by atoms with Gasteiger partial charge in [-0.25, -0.2) is 13.1 Å². The summed E-state index contributed by atoms with van der Waals surface area (Å²) in [6.45, 7) is 5.84. The molecule has 1 aromatic rings. The summed E-state index contributed by atoms with van der Waals surface area (Å²) in [5.74, 6) is 0.198. The van der Waals surface area contributed by atoms with Crippen LogP contribution in [0.3, 0.4) is 0 Å². The van der Waals surface area contributed by atoms with Crippen LogP contribution in [0.5, 0.6) is 5.75 Å². The van der Waals surface area contributed by atoms with E-state index in [-0.39, 0.29) is 24.1 Å². The highest BCUT2D eigenvalue weighted by Gasteiger charge is 2.17. The zero-order valence-corrected chi connectivity index (χ0v) is 14.9. The van der Waals surface area contributed by atoms with Crippen molar-refractivity contribution in [1.29, 1.82) is 0 Å². The van der Waals surface area contributed by atoms with Crippen LogP contribution in [-0.2, 0) is 21.4 Å². The first-order chi connectivity index (χ1) is 10.7. The number of carbonyl (C=O) groups is 1. The number of amides is 1. The first kappa shape index (κ1) is 19.4. The average Bonchev–Trinajstić information content (AvgIpc) is 2.49. The lowest BCUT2D eigenvalue weighted by atomic mass is 10.1. The minimum Gasteiger partial charge on any atom is -0.497 e. The van der Waals surface area contributed by atoms with Gasteiger partial charge in [-0.3, -0.25) is 4.79 Å². The van der Waals surface area contributed by atoms with Gasteiger partial charge in [0.2, 0.25) is 15.9 Å². The maximum Gasteiger partial charge on any atom is 0.224 e. The third kappa shape index (κ3) is 7.47. The van der Waals surface area contributed by atoms with Gasteiger partial charge in [-0.2, -0.15) is 0 Å². The predicted molar refractivity (Wildman–Crippen MR) is 90.6 cm³/mol. The normalized spacial score (nSPS) is 12.9. The van der Waals surface area contributed by atoms with Crippen LogP contribution in [0, 0.1) is 11.8 Å². The summed E-state index contributed by atoms with van der Waals surface area (Å²) in [6.07, 6.45) is 0. The van der Waals surface area contributed by atoms with Gasteiger partial charge in [-0.15, -0.1) is 0 Å². The molecular formula is C16H26N2O4S. The van der Waals surface area contributed by atoms with Crippen molar-refractivity contribution in [1.82, 2.24) is 10.0 Å². The van der Waals surface area contributed by atoms with E-state index in [1.807, 2.05) is 38.1 Å². The Labute approximate surface area is 138 Å². The fraction of sp³-hybridized carbons (Fsp3) is 0.562. The van der Waals surface area contributed by atoms with Crippen LogP contribution in [0.15, 0.2) is 24.3 Å². The molecule has 0 aliphatic heterocycles. The van der Waals surface area contributed by atoms with E-state index in [0.717, 1.165) is 11.3 Å². The van der Waals surface area contributed by atoms with Crippen molar-refractivity contribution >= 4 is 15.9 Å². The van der Waals surface area contributed by atoms with Gasteiger partial charge in [0.05, 0.1) is 12.9 Å². The summed E-state index contributed by atoms with van der Waals surface area (Å²) in [6, 6.07) is 7.41. The summed E-state index contributed by atoms with van der Waals surface area (Å²) >= 11 is 0. The lowest BCUT2D eigenvalue weighted by Crippen LogP contribution is -2.38. The number of hydrogen-bond donors (Lipinski definition) is 2. The lowest BCUT2D eigenvalue weighted by Gasteiger charge is -2.14. The molecule has 2 N–H and O–H groups in total. The van der Waals surface area contributed by atoms with Crippen LogP contribution in [0.2, 0.25) is 0 Å². The van der Waals surface area contributed by atoms with Crippen molar-refractivity contribution in [3.05, 3.63) is 29.8 Å². The molecule has 0 fully saturated rings. The van der Waals surface area contributed by atoms with Gasteiger partial charge in [-0.1, -0.05) is 32.9 Å². The molecule has 0 aliphatic carbocycles. The molecule has 0 aliphatic rings. The van der Waals surface area contributed by atoms with E-state index in [9.17, 15) is 13.2 Å². The third-order valence-corrected chi connectivity index (χ3v) is 4.92. The monoisotopic (exact) mass is 342 g/mol. The molecule has 1 amide bonds. The standard InChI is InChI=1S/C16H26N2O4S/c1-12(2)11-23(20,21)18-9-13(3)16(19)17-10-14-6-5-7-15(8-14)22-4/h5-8,12-13,18H,9-11H2,1-4H3,(H,17,19). The highest BCUT2D eigenvalue weighted by Crippen LogP contribution is 2.12. The Balaban J connectivity index is 2.45. The maximum atomic E-state index is 12.0. The Bertz CT molecular complexity index is 614. The van der Waals surface area contributed by atoms with E-state index in [1.165, 1.54) is 0 Å². The molecule has 7 heteroatoms. The molecule has 1 aromatic carbocycles. The quantitative estimate of drug-likeness (QED) is 0.713. The fourth-order valence-electron chi connectivity index (χ4n) is 1.99. The maximum absolute atomic E-state index is 12.0. The van der Waals surface area contributed by atoms with Gasteiger partial charge in [0.25, 0.3) is 0 Å². The third-order valence-electron chi connectivity index (χ3n) is 3.21. The number of sulfonamides is 1. The number of nitrogens with one attached hydrogen (secondary N) is 2. The van der Waals surface area contributed by atoms with E-state index in [0.29, 0.717) is 6.54 Å². The molecule has 130 valence electrons. The molecule has 1 unspecified atom stereocenters. The molecule has 0 heterocycles. The van der Waals surface area contributed by atoms with Crippen molar-refractivity contribution in [3.8, 4) is 5.75 Å². The molecule has 6 nitrogen and oxygen atoms in total. The Morgan fingerprint density at radius 2 is 1.96 bits per heavy atom. The smallest absolute Gasteiger partial charge is 0.224 e. The molecule has 0 spiro atoms. The SMILES string of the molecule is COc1cccc(CNC(=O)C(C)CNS(=O)(=O)CC(C)C)c1. The van der Waals surface area contributed by atoms with Gasteiger partial charge >= 0.3 is 0 Å². The van der Waals surface area contributed by atoms with Gasteiger partial charge in [0.1, 0.15) is 5.75 Å². The second-order valence-corrected chi connectivity index (χ2v) is 7.85. The molecule has 23 heavy (non-hydrogen) atoms. The van der Waals surface area contributed by atoms with Crippen molar-refractivity contribution < 1.29 is 17.9 Å². The van der Waals surface area contributed by atoms with Crippen molar-refractivity contribution in [3.63, 3.8) is 0 Å². The summed E-state index contributed by atoms with van der Waals surface area (Å²) in [4.78, 5) is 12.0. The van der Waals surface area contributed by atoms with Crippen LogP contribution in [-0.4, -0.2) is 33.7 Å². The van der Waals surface area contributed by atoms with Crippen LogP contribution < -0.4 is 14.8 Å². The van der Waals surface area contributed by atoms with Gasteiger partial charge in [0.15, 0.2) is 0 Å². The number of benzene rings is 1. The zero-order chi connectivity index (χ0) is 17.5. The number of ether oxygens (including phenoxy) is 1. The first-order valence-corrected chi connectivity index (χ1v) is 9.26. The molecule has 1 rings (SSSR count). The molecule has 0 aromatic heterocycles. The molecular weight excluding hydrogens is 316 g/mol. The second kappa shape index (κ2) is 8.88. The summed E-state index contributed by atoms with van der Waals surface area (Å²) in [7, 11) is -1.75. The second-order valence-electron chi connectivity index (χ2n) is 5.99. The van der Waals surface area contributed by atoms with Crippen molar-refractivity contribution in [2.75, 3.05) is 19.4 Å². The highest BCUT2D eigenvalue weighted by molar-refractivity contribution is 7.89. The first-order valence-electron chi connectivity index (χ1n) is 7.61. The minimum absolute atomic E-state index is 0.0460. The van der Waals surface area contributed by atoms with Crippen LogP contribution >= 0.6 is 0 Å². The Morgan fingerprint density at radius 3 is 2.57 bits per heavy atom. The Morgan fingerprint density at radius 1 is 1.26 bits per heavy atom. The van der Waals surface area contributed by atoms with Crippen LogP contribution in [0.25, 0.3) is 0 Å². The molecule has 1 atom stereocenters. The molecule has 0 bridgehead atoms. The van der Waals surface area contributed by atoms with E-state index in [2.05, 4.69) is 10.0 Å². The molecule has 0 saturated carbocycles. The Kier molecular flexibility index (Phi) is 7.51. The summed E-state index contributed by atoms with van der Waals surface area (Å²) in [5, 5.41) is 2.80. The summed E-state index contributed by atoms with van der Waals surface area (Å²) < 4.78 is 31.1. The largest absolute Gasteiger partial charge is 0.497 e. The van der Waals surface area contributed by atoms with E-state index >= 15 is 0 Å².